The van der Waals surface area contributed by atoms with Crippen LogP contribution in [-0.2, 0) is 4.79 Å². The Morgan fingerprint density at radius 3 is 2.57 bits per heavy atom. The lowest BCUT2D eigenvalue weighted by molar-refractivity contribution is -0.124. The highest BCUT2D eigenvalue weighted by molar-refractivity contribution is 6.31. The van der Waals surface area contributed by atoms with Crippen LogP contribution >= 0.6 is 11.6 Å². The summed E-state index contributed by atoms with van der Waals surface area (Å²) in [5, 5.41) is 8.98. The maximum absolute atomic E-state index is 14.2. The molecule has 1 aromatic carbocycles. The first kappa shape index (κ1) is 22.8. The zero-order chi connectivity index (χ0) is 21.5. The molecule has 2 fully saturated rings. The number of nitrogens with two attached hydrogens (primary N) is 1. The number of carbonyl (C=O) groups is 1. The summed E-state index contributed by atoms with van der Waals surface area (Å²) in [4.78, 5) is 16.3. The normalized spacial score (nSPS) is 23.7. The molecule has 3 rings (SSSR count). The minimum absolute atomic E-state index is 0.148. The molecule has 0 spiro atoms. The Bertz CT molecular complexity index is 752. The number of benzene rings is 1. The summed E-state index contributed by atoms with van der Waals surface area (Å²) < 4.78 is 14.2. The molecule has 1 saturated carbocycles. The molecule has 5 nitrogen and oxygen atoms in total. The number of carbonyl (C=O) groups excluding carboxylic acids is 1. The first-order valence-corrected chi connectivity index (χ1v) is 11.4. The third kappa shape index (κ3) is 5.86. The number of halogens is 2. The summed E-state index contributed by atoms with van der Waals surface area (Å²) in [6.07, 6.45) is 6.50. The largest absolute Gasteiger partial charge is 0.369 e. The summed E-state index contributed by atoms with van der Waals surface area (Å²) in [5.74, 6) is 0.305. The lowest BCUT2D eigenvalue weighted by Crippen LogP contribution is -2.47. The third-order valence-electron chi connectivity index (χ3n) is 6.89. The summed E-state index contributed by atoms with van der Waals surface area (Å²) in [7, 11) is 0. The maximum atomic E-state index is 14.2. The number of amides is 1. The van der Waals surface area contributed by atoms with Crippen LogP contribution in [0.5, 0.6) is 0 Å². The number of hydrogen-bond acceptors (Lipinski definition) is 4. The van der Waals surface area contributed by atoms with Gasteiger partial charge in [-0.1, -0.05) is 30.5 Å². The van der Waals surface area contributed by atoms with Crippen molar-refractivity contribution in [2.45, 2.75) is 44.9 Å². The highest BCUT2D eigenvalue weighted by Crippen LogP contribution is 2.36. The van der Waals surface area contributed by atoms with E-state index >= 15 is 0 Å². The van der Waals surface area contributed by atoms with E-state index in [9.17, 15) is 9.18 Å². The fraction of sp³-hybridized carbons (Fsp3) is 0.652. The van der Waals surface area contributed by atoms with Crippen molar-refractivity contribution >= 4 is 23.2 Å². The van der Waals surface area contributed by atoms with Gasteiger partial charge in [-0.15, -0.1) is 0 Å². The van der Waals surface area contributed by atoms with E-state index in [0.717, 1.165) is 64.8 Å². The van der Waals surface area contributed by atoms with Gasteiger partial charge in [0.15, 0.2) is 5.82 Å². The topological polar surface area (TPSA) is 73.4 Å². The predicted molar refractivity (Wildman–Crippen MR) is 118 cm³/mol. The molecular weight excluding hydrogens is 403 g/mol. The van der Waals surface area contributed by atoms with Gasteiger partial charge >= 0.3 is 0 Å². The molecule has 2 aliphatic rings. The zero-order valence-corrected chi connectivity index (χ0v) is 18.3. The first-order valence-electron chi connectivity index (χ1n) is 11.1. The van der Waals surface area contributed by atoms with Crippen LogP contribution in [0.3, 0.4) is 0 Å². The molecule has 1 heterocycles. The Kier molecular flexibility index (Phi) is 8.35. The van der Waals surface area contributed by atoms with Gasteiger partial charge < -0.3 is 10.6 Å². The molecule has 30 heavy (non-hydrogen) atoms. The summed E-state index contributed by atoms with van der Waals surface area (Å²) >= 11 is 5.92. The molecule has 0 bridgehead atoms. The molecule has 1 atom stereocenters. The molecule has 7 heteroatoms. The van der Waals surface area contributed by atoms with Gasteiger partial charge in [-0.3, -0.25) is 9.69 Å². The molecule has 1 aromatic rings. The Morgan fingerprint density at radius 1 is 1.23 bits per heavy atom. The molecule has 1 aliphatic carbocycles. The number of piperazine rings is 1. The number of nitrogens with zero attached hydrogens (tertiary/aromatic N) is 3. The molecular formula is C23H32ClFN4O. The van der Waals surface area contributed by atoms with E-state index in [-0.39, 0.29) is 22.7 Å². The average Bonchev–Trinajstić information content (AvgIpc) is 2.75. The standard InChI is InChI=1S/C23H32ClFN4O/c24-20-4-1-5-21(22(20)25)29-15-13-28(14-16-29)12-10-17-6-8-18(9-7-17)19(23(27)30)3-2-11-26/h1,4-5,17-19H,2-3,6-10,12-16H2,(H2,27,30). The van der Waals surface area contributed by atoms with E-state index in [2.05, 4.69) is 15.9 Å². The Hall–Kier alpha value is -1.84. The van der Waals surface area contributed by atoms with E-state index < -0.39 is 0 Å². The number of nitriles is 1. The molecule has 1 amide bonds. The van der Waals surface area contributed by atoms with Crippen LogP contribution in [0.15, 0.2) is 18.2 Å². The van der Waals surface area contributed by atoms with Crippen LogP contribution < -0.4 is 10.6 Å². The molecule has 2 N–H and O–H groups in total. The van der Waals surface area contributed by atoms with Crippen molar-refractivity contribution in [3.05, 3.63) is 29.0 Å². The monoisotopic (exact) mass is 434 g/mol. The van der Waals surface area contributed by atoms with Gasteiger partial charge in [0.2, 0.25) is 5.91 Å². The quantitative estimate of drug-likeness (QED) is 0.665. The Labute approximate surface area is 184 Å². The Morgan fingerprint density at radius 2 is 1.93 bits per heavy atom. The fourth-order valence-electron chi connectivity index (χ4n) is 5.02. The van der Waals surface area contributed by atoms with E-state index in [1.54, 1.807) is 18.2 Å². The van der Waals surface area contributed by atoms with Crippen molar-refractivity contribution in [2.75, 3.05) is 37.6 Å². The highest BCUT2D eigenvalue weighted by Gasteiger charge is 2.31. The molecule has 1 aliphatic heterocycles. The van der Waals surface area contributed by atoms with Crippen molar-refractivity contribution < 1.29 is 9.18 Å². The van der Waals surface area contributed by atoms with Crippen LogP contribution in [0, 0.1) is 34.9 Å². The summed E-state index contributed by atoms with van der Waals surface area (Å²) in [5.41, 5.74) is 6.18. The Balaban J connectivity index is 1.39. The number of anilines is 1. The van der Waals surface area contributed by atoms with Crippen molar-refractivity contribution in [3.8, 4) is 6.07 Å². The molecule has 0 radical (unpaired) electrons. The van der Waals surface area contributed by atoms with Crippen molar-refractivity contribution in [2.24, 2.45) is 23.5 Å². The molecule has 0 aromatic heterocycles. The van der Waals surface area contributed by atoms with Gasteiger partial charge in [-0.2, -0.15) is 5.26 Å². The smallest absolute Gasteiger partial charge is 0.220 e. The van der Waals surface area contributed by atoms with Crippen LogP contribution in [-0.4, -0.2) is 43.5 Å². The third-order valence-corrected chi connectivity index (χ3v) is 7.18. The van der Waals surface area contributed by atoms with E-state index in [1.807, 2.05) is 0 Å². The van der Waals surface area contributed by atoms with Gasteiger partial charge in [0, 0.05) is 38.5 Å². The zero-order valence-electron chi connectivity index (χ0n) is 17.5. The second-order valence-electron chi connectivity index (χ2n) is 8.68. The molecule has 1 unspecified atom stereocenters. The van der Waals surface area contributed by atoms with Crippen molar-refractivity contribution in [1.29, 1.82) is 5.26 Å². The second kappa shape index (κ2) is 11.0. The lowest BCUT2D eigenvalue weighted by atomic mass is 9.73. The van der Waals surface area contributed by atoms with Gasteiger partial charge in [0.05, 0.1) is 16.8 Å². The van der Waals surface area contributed by atoms with E-state index in [0.29, 0.717) is 30.4 Å². The maximum Gasteiger partial charge on any atom is 0.220 e. The van der Waals surface area contributed by atoms with Crippen LogP contribution in [0.25, 0.3) is 0 Å². The van der Waals surface area contributed by atoms with Gasteiger partial charge in [0.25, 0.3) is 0 Å². The number of hydrogen-bond donors (Lipinski definition) is 1. The van der Waals surface area contributed by atoms with Gasteiger partial charge in [-0.05, 0) is 56.2 Å². The summed E-state index contributed by atoms with van der Waals surface area (Å²) in [6, 6.07) is 7.31. The van der Waals surface area contributed by atoms with Crippen LogP contribution in [0.2, 0.25) is 5.02 Å². The van der Waals surface area contributed by atoms with Gasteiger partial charge in [0.1, 0.15) is 0 Å². The first-order chi connectivity index (χ1) is 14.5. The second-order valence-corrected chi connectivity index (χ2v) is 9.08. The van der Waals surface area contributed by atoms with Crippen LogP contribution in [0.4, 0.5) is 10.1 Å². The minimum atomic E-state index is -0.326. The van der Waals surface area contributed by atoms with Crippen molar-refractivity contribution in [1.82, 2.24) is 4.90 Å². The summed E-state index contributed by atoms with van der Waals surface area (Å²) in [6.45, 7) is 4.54. The average molecular weight is 435 g/mol. The minimum Gasteiger partial charge on any atom is -0.369 e. The van der Waals surface area contributed by atoms with Gasteiger partial charge in [-0.25, -0.2) is 4.39 Å². The van der Waals surface area contributed by atoms with Crippen molar-refractivity contribution in [3.63, 3.8) is 0 Å². The molecule has 1 saturated heterocycles. The van der Waals surface area contributed by atoms with E-state index in [4.69, 9.17) is 22.6 Å². The number of rotatable bonds is 8. The SMILES string of the molecule is N#CCCC(C(N)=O)C1CCC(CCN2CCN(c3cccc(Cl)c3F)CC2)CC1. The molecule has 164 valence electrons. The highest BCUT2D eigenvalue weighted by atomic mass is 35.5. The number of primary amides is 1. The lowest BCUT2D eigenvalue weighted by Gasteiger charge is -2.37. The predicted octanol–water partition coefficient (Wildman–Crippen LogP) is 4.20. The van der Waals surface area contributed by atoms with E-state index in [1.165, 1.54) is 0 Å². The van der Waals surface area contributed by atoms with Crippen LogP contribution in [0.1, 0.15) is 44.9 Å². The fourth-order valence-corrected chi connectivity index (χ4v) is 5.19.